The molecule has 1 unspecified atom stereocenters. The molecule has 0 aliphatic heterocycles. The molecule has 1 amide bonds. The number of halogens is 1. The maximum absolute atomic E-state index is 12.2. The summed E-state index contributed by atoms with van der Waals surface area (Å²) in [6.07, 6.45) is 1.30. The molecule has 3 aromatic rings. The first-order valence-electron chi connectivity index (χ1n) is 9.46. The minimum absolute atomic E-state index is 0.174. The lowest BCUT2D eigenvalue weighted by atomic mass is 10.0. The van der Waals surface area contributed by atoms with Gasteiger partial charge in [-0.15, -0.1) is 0 Å². The molecule has 0 radical (unpaired) electrons. The number of hydroxylamine groups is 2. The van der Waals surface area contributed by atoms with Gasteiger partial charge in [-0.3, -0.25) is 0 Å². The summed E-state index contributed by atoms with van der Waals surface area (Å²) in [6.45, 7) is 5.90. The molecule has 7 heteroatoms. The summed E-state index contributed by atoms with van der Waals surface area (Å²) in [4.78, 5) is 15.4. The third-order valence-corrected chi connectivity index (χ3v) is 4.66. The molecular weight excluding hydrogens is 390 g/mol. The Morgan fingerprint density at radius 1 is 1.24 bits per heavy atom. The number of amides is 1. The first kappa shape index (κ1) is 21.2. The lowest BCUT2D eigenvalue weighted by molar-refractivity contribution is -0.135. The van der Waals surface area contributed by atoms with Crippen LogP contribution < -0.4 is 5.32 Å². The largest absolute Gasteiger partial charge is 0.444 e. The molecule has 3 rings (SSSR count). The maximum Gasteiger partial charge on any atom is 0.407 e. The van der Waals surface area contributed by atoms with Crippen molar-refractivity contribution in [3.63, 3.8) is 0 Å². The number of aromatic amines is 1. The summed E-state index contributed by atoms with van der Waals surface area (Å²) in [7, 11) is 0. The molecule has 1 heterocycles. The van der Waals surface area contributed by atoms with Gasteiger partial charge in [0.2, 0.25) is 0 Å². The van der Waals surface area contributed by atoms with E-state index in [1.807, 2.05) is 48.7 Å². The van der Waals surface area contributed by atoms with E-state index < -0.39 is 17.7 Å². The lowest BCUT2D eigenvalue weighted by Crippen LogP contribution is -2.39. The van der Waals surface area contributed by atoms with Crippen LogP contribution in [0, 0.1) is 0 Å². The standard InChI is InChI=1S/C22H26ClN3O3/c1-22(2,3)29-21(27)25-13-20(26(28)14-15-7-5-4-6-8-15)18-12-24-19-11-16(23)9-10-17(18)19/h4-12,20,24,28H,13-14H2,1-3H3,(H,25,27). The van der Waals surface area contributed by atoms with Crippen LogP contribution in [0.15, 0.2) is 54.7 Å². The molecule has 0 spiro atoms. The fraction of sp³-hybridized carbons (Fsp3) is 0.318. The fourth-order valence-corrected chi connectivity index (χ4v) is 3.32. The molecule has 2 aromatic carbocycles. The van der Waals surface area contributed by atoms with Crippen molar-refractivity contribution in [1.82, 2.24) is 15.4 Å². The van der Waals surface area contributed by atoms with Crippen LogP contribution in [0.4, 0.5) is 4.79 Å². The van der Waals surface area contributed by atoms with Gasteiger partial charge in [-0.25, -0.2) is 4.79 Å². The van der Waals surface area contributed by atoms with Crippen LogP contribution in [0.3, 0.4) is 0 Å². The molecule has 0 bridgehead atoms. The summed E-state index contributed by atoms with van der Waals surface area (Å²) in [6, 6.07) is 14.7. The van der Waals surface area contributed by atoms with Crippen LogP contribution in [-0.2, 0) is 11.3 Å². The van der Waals surface area contributed by atoms with Gasteiger partial charge in [0.05, 0.1) is 6.04 Å². The van der Waals surface area contributed by atoms with Crippen molar-refractivity contribution < 1.29 is 14.7 Å². The highest BCUT2D eigenvalue weighted by Gasteiger charge is 2.25. The number of fused-ring (bicyclic) bond motifs is 1. The highest BCUT2D eigenvalue weighted by atomic mass is 35.5. The van der Waals surface area contributed by atoms with E-state index in [9.17, 15) is 10.0 Å². The Labute approximate surface area is 175 Å². The summed E-state index contributed by atoms with van der Waals surface area (Å²) >= 11 is 6.09. The summed E-state index contributed by atoms with van der Waals surface area (Å²) < 4.78 is 5.33. The van der Waals surface area contributed by atoms with Gasteiger partial charge in [0.15, 0.2) is 0 Å². The quantitative estimate of drug-likeness (QED) is 0.479. The Hall–Kier alpha value is -2.54. The number of ether oxygens (including phenoxy) is 1. The Bertz CT molecular complexity index is 966. The Morgan fingerprint density at radius 3 is 2.66 bits per heavy atom. The lowest BCUT2D eigenvalue weighted by Gasteiger charge is -2.27. The van der Waals surface area contributed by atoms with Gasteiger partial charge < -0.3 is 20.2 Å². The molecule has 1 atom stereocenters. The van der Waals surface area contributed by atoms with Crippen LogP contribution in [-0.4, -0.2) is 33.5 Å². The Kier molecular flexibility index (Phi) is 6.47. The molecular formula is C22H26ClN3O3. The summed E-state index contributed by atoms with van der Waals surface area (Å²) in [5.74, 6) is 0. The van der Waals surface area contributed by atoms with Crippen molar-refractivity contribution in [2.45, 2.75) is 39.0 Å². The SMILES string of the molecule is CC(C)(C)OC(=O)NCC(c1c[nH]c2cc(Cl)ccc12)N(O)Cc1ccccc1. The predicted molar refractivity (Wildman–Crippen MR) is 114 cm³/mol. The molecule has 0 fully saturated rings. The average molecular weight is 416 g/mol. The molecule has 1 aromatic heterocycles. The number of hydrogen-bond acceptors (Lipinski definition) is 4. The molecule has 6 nitrogen and oxygen atoms in total. The normalized spacial score (nSPS) is 12.9. The van der Waals surface area contributed by atoms with E-state index in [1.165, 1.54) is 5.06 Å². The monoisotopic (exact) mass is 415 g/mol. The second-order valence-electron chi connectivity index (χ2n) is 7.92. The molecule has 154 valence electrons. The third-order valence-electron chi connectivity index (χ3n) is 4.42. The molecule has 0 aliphatic rings. The van der Waals surface area contributed by atoms with Crippen molar-refractivity contribution in [1.29, 1.82) is 0 Å². The minimum Gasteiger partial charge on any atom is -0.444 e. The highest BCUT2D eigenvalue weighted by Crippen LogP contribution is 2.30. The number of rotatable bonds is 6. The number of nitrogens with one attached hydrogen (secondary N) is 2. The van der Waals surface area contributed by atoms with Crippen molar-refractivity contribution >= 4 is 28.6 Å². The van der Waals surface area contributed by atoms with E-state index in [0.29, 0.717) is 11.6 Å². The Morgan fingerprint density at radius 2 is 1.97 bits per heavy atom. The predicted octanol–water partition coefficient (Wildman–Crippen LogP) is 5.28. The fourth-order valence-electron chi connectivity index (χ4n) is 3.15. The Balaban J connectivity index is 1.85. The van der Waals surface area contributed by atoms with Gasteiger partial charge in [0.25, 0.3) is 0 Å². The second kappa shape index (κ2) is 8.86. The van der Waals surface area contributed by atoms with Gasteiger partial charge in [0.1, 0.15) is 5.60 Å². The second-order valence-corrected chi connectivity index (χ2v) is 8.35. The first-order valence-corrected chi connectivity index (χ1v) is 9.83. The zero-order valence-corrected chi connectivity index (χ0v) is 17.5. The van der Waals surface area contributed by atoms with E-state index in [-0.39, 0.29) is 6.54 Å². The van der Waals surface area contributed by atoms with Gasteiger partial charge in [-0.05, 0) is 44.0 Å². The van der Waals surface area contributed by atoms with E-state index in [4.69, 9.17) is 16.3 Å². The molecule has 29 heavy (non-hydrogen) atoms. The zero-order chi connectivity index (χ0) is 21.0. The van der Waals surface area contributed by atoms with Crippen molar-refractivity contribution in [2.75, 3.05) is 6.54 Å². The van der Waals surface area contributed by atoms with Crippen LogP contribution >= 0.6 is 11.6 Å². The zero-order valence-electron chi connectivity index (χ0n) is 16.8. The smallest absolute Gasteiger partial charge is 0.407 e. The van der Waals surface area contributed by atoms with Crippen LogP contribution in [0.25, 0.3) is 10.9 Å². The third kappa shape index (κ3) is 5.73. The molecule has 0 aliphatic carbocycles. The topological polar surface area (TPSA) is 77.6 Å². The van der Waals surface area contributed by atoms with E-state index in [2.05, 4.69) is 10.3 Å². The molecule has 0 saturated carbocycles. The first-order chi connectivity index (χ1) is 13.7. The van der Waals surface area contributed by atoms with Crippen molar-refractivity contribution in [2.24, 2.45) is 0 Å². The number of carbonyl (C=O) groups is 1. The number of aromatic nitrogens is 1. The van der Waals surface area contributed by atoms with E-state index in [1.54, 1.807) is 26.8 Å². The summed E-state index contributed by atoms with van der Waals surface area (Å²) in [5, 5.41) is 16.4. The van der Waals surface area contributed by atoms with E-state index >= 15 is 0 Å². The molecule has 3 N–H and O–H groups in total. The summed E-state index contributed by atoms with van der Waals surface area (Å²) in [5.41, 5.74) is 2.08. The number of H-pyrrole nitrogens is 1. The number of hydrogen-bond donors (Lipinski definition) is 3. The van der Waals surface area contributed by atoms with Crippen molar-refractivity contribution in [3.8, 4) is 0 Å². The minimum atomic E-state index is -0.597. The van der Waals surface area contributed by atoms with E-state index in [0.717, 1.165) is 22.0 Å². The number of benzene rings is 2. The van der Waals surface area contributed by atoms with Crippen LogP contribution in [0.5, 0.6) is 0 Å². The highest BCUT2D eigenvalue weighted by molar-refractivity contribution is 6.31. The van der Waals surface area contributed by atoms with Crippen LogP contribution in [0.1, 0.15) is 37.9 Å². The average Bonchev–Trinajstić information content (AvgIpc) is 3.04. The van der Waals surface area contributed by atoms with Gasteiger partial charge >= 0.3 is 6.09 Å². The number of nitrogens with zero attached hydrogens (tertiary/aromatic N) is 1. The number of carbonyl (C=O) groups excluding carboxylic acids is 1. The van der Waals surface area contributed by atoms with Crippen LogP contribution in [0.2, 0.25) is 5.02 Å². The molecule has 0 saturated heterocycles. The number of alkyl carbamates (subject to hydrolysis) is 1. The van der Waals surface area contributed by atoms with Gasteiger partial charge in [-0.2, -0.15) is 5.06 Å². The van der Waals surface area contributed by atoms with Gasteiger partial charge in [-0.1, -0.05) is 48.0 Å². The van der Waals surface area contributed by atoms with Crippen molar-refractivity contribution in [3.05, 3.63) is 70.9 Å². The maximum atomic E-state index is 12.2. The van der Waals surface area contributed by atoms with Gasteiger partial charge in [0, 0.05) is 35.2 Å².